The van der Waals surface area contributed by atoms with Crippen molar-refractivity contribution in [3.05, 3.63) is 48.0 Å². The van der Waals surface area contributed by atoms with Gasteiger partial charge in [0.15, 0.2) is 6.61 Å². The zero-order chi connectivity index (χ0) is 20.8. The van der Waals surface area contributed by atoms with Gasteiger partial charge in [-0.15, -0.1) is 5.10 Å². The van der Waals surface area contributed by atoms with Gasteiger partial charge in [-0.3, -0.25) is 4.79 Å². The Balaban J connectivity index is 1.57. The summed E-state index contributed by atoms with van der Waals surface area (Å²) in [4.78, 5) is 21.3. The number of carbonyl (C=O) groups excluding carboxylic acids is 1. The van der Waals surface area contributed by atoms with Gasteiger partial charge in [-0.05, 0) is 48.4 Å². The van der Waals surface area contributed by atoms with Gasteiger partial charge in [-0.25, -0.2) is 12.7 Å². The second kappa shape index (κ2) is 7.12. The van der Waals surface area contributed by atoms with Crippen molar-refractivity contribution in [2.45, 2.75) is 24.3 Å². The molecular weight excluding hydrogens is 394 g/mol. The lowest BCUT2D eigenvalue weighted by molar-refractivity contribution is -0.124. The molecule has 1 aliphatic heterocycles. The minimum Gasteiger partial charge on any atom is -0.385 e. The average molecular weight is 415 g/mol. The standard InChI is InChI=1S/C19H21N5O4S/c1-13-10-14-6-4-5-7-17(14)23(13)19(25)12-28-24-18-11-15(29(26,27)22(2)3)8-9-16(18)20-21-24/h4-9,11,13H,10,12H2,1-3H3/t13-/m0/s1. The van der Waals surface area contributed by atoms with Crippen LogP contribution in [0, 0.1) is 0 Å². The normalized spacial score (nSPS) is 16.4. The number of fused-ring (bicyclic) bond motifs is 2. The Bertz CT molecular complexity index is 1190. The van der Waals surface area contributed by atoms with Gasteiger partial charge < -0.3 is 9.74 Å². The lowest BCUT2D eigenvalue weighted by Crippen LogP contribution is -2.40. The molecule has 3 aromatic rings. The van der Waals surface area contributed by atoms with E-state index in [9.17, 15) is 13.2 Å². The third-order valence-corrected chi connectivity index (χ3v) is 6.76. The molecule has 0 unspecified atom stereocenters. The summed E-state index contributed by atoms with van der Waals surface area (Å²) in [6.45, 7) is 1.74. The summed E-state index contributed by atoms with van der Waals surface area (Å²) in [6, 6.07) is 12.3. The van der Waals surface area contributed by atoms with Crippen LogP contribution in [-0.2, 0) is 21.2 Å². The van der Waals surface area contributed by atoms with Crippen molar-refractivity contribution in [3.63, 3.8) is 0 Å². The van der Waals surface area contributed by atoms with Crippen LogP contribution in [0.25, 0.3) is 11.0 Å². The van der Waals surface area contributed by atoms with Crippen molar-refractivity contribution in [1.29, 1.82) is 0 Å². The third kappa shape index (κ3) is 3.34. The third-order valence-electron chi connectivity index (χ3n) is 4.95. The summed E-state index contributed by atoms with van der Waals surface area (Å²) < 4.78 is 25.9. The van der Waals surface area contributed by atoms with E-state index in [0.717, 1.165) is 26.8 Å². The van der Waals surface area contributed by atoms with Crippen LogP contribution in [-0.4, -0.2) is 60.5 Å². The van der Waals surface area contributed by atoms with E-state index >= 15 is 0 Å². The Labute approximate surface area is 168 Å². The van der Waals surface area contributed by atoms with Crippen molar-refractivity contribution in [1.82, 2.24) is 19.5 Å². The summed E-state index contributed by atoms with van der Waals surface area (Å²) in [5.41, 5.74) is 2.85. The fourth-order valence-corrected chi connectivity index (χ4v) is 4.40. The number of rotatable bonds is 5. The van der Waals surface area contributed by atoms with Gasteiger partial charge in [0.2, 0.25) is 10.0 Å². The molecule has 2 heterocycles. The number of hydrogen-bond acceptors (Lipinski definition) is 6. The van der Waals surface area contributed by atoms with Gasteiger partial charge in [-0.2, -0.15) is 0 Å². The van der Waals surface area contributed by atoms with Crippen LogP contribution < -0.4 is 9.74 Å². The lowest BCUT2D eigenvalue weighted by atomic mass is 10.1. The number of carbonyl (C=O) groups is 1. The maximum atomic E-state index is 12.8. The monoisotopic (exact) mass is 415 g/mol. The van der Waals surface area contributed by atoms with Gasteiger partial charge in [-0.1, -0.05) is 23.0 Å². The Morgan fingerprint density at radius 2 is 2.00 bits per heavy atom. The molecule has 29 heavy (non-hydrogen) atoms. The number of nitrogens with zero attached hydrogens (tertiary/aromatic N) is 5. The van der Waals surface area contributed by atoms with Crippen molar-refractivity contribution in [3.8, 4) is 0 Å². The molecule has 1 amide bonds. The number of benzene rings is 2. The first-order valence-electron chi connectivity index (χ1n) is 9.10. The second-order valence-corrected chi connectivity index (χ2v) is 9.27. The Kier molecular flexibility index (Phi) is 4.75. The van der Waals surface area contributed by atoms with Gasteiger partial charge >= 0.3 is 0 Å². The first-order valence-corrected chi connectivity index (χ1v) is 10.5. The fraction of sp³-hybridized carbons (Fsp3) is 0.316. The smallest absolute Gasteiger partial charge is 0.268 e. The highest BCUT2D eigenvalue weighted by Crippen LogP contribution is 2.31. The number of sulfonamides is 1. The molecule has 9 nitrogen and oxygen atoms in total. The molecule has 0 spiro atoms. The fourth-order valence-electron chi connectivity index (χ4n) is 3.48. The highest BCUT2D eigenvalue weighted by atomic mass is 32.2. The van der Waals surface area contributed by atoms with Crippen molar-refractivity contribution in [2.24, 2.45) is 0 Å². The van der Waals surface area contributed by atoms with Gasteiger partial charge in [0, 0.05) is 25.8 Å². The first kappa shape index (κ1) is 19.3. The minimum absolute atomic E-state index is 0.0350. The predicted molar refractivity (Wildman–Crippen MR) is 107 cm³/mol. The molecule has 4 rings (SSSR count). The first-order chi connectivity index (χ1) is 13.8. The van der Waals surface area contributed by atoms with Gasteiger partial charge in [0.1, 0.15) is 11.0 Å². The number of hydrogen-bond donors (Lipinski definition) is 0. The van der Waals surface area contributed by atoms with E-state index in [4.69, 9.17) is 4.84 Å². The van der Waals surface area contributed by atoms with Crippen molar-refractivity contribution >= 4 is 32.7 Å². The number of para-hydroxylation sites is 1. The molecular formula is C19H21N5O4S. The minimum atomic E-state index is -3.61. The van der Waals surface area contributed by atoms with Crippen molar-refractivity contribution in [2.75, 3.05) is 25.6 Å². The topological polar surface area (TPSA) is 97.6 Å². The molecule has 0 saturated carbocycles. The summed E-state index contributed by atoms with van der Waals surface area (Å²) in [5, 5.41) is 7.86. The maximum Gasteiger partial charge on any atom is 0.268 e. The van der Waals surface area contributed by atoms with E-state index in [1.54, 1.807) is 11.0 Å². The molecule has 0 radical (unpaired) electrons. The summed E-state index contributed by atoms with van der Waals surface area (Å²) in [5.74, 6) is -0.205. The highest BCUT2D eigenvalue weighted by Gasteiger charge is 2.31. The van der Waals surface area contributed by atoms with Crippen LogP contribution in [0.1, 0.15) is 12.5 Å². The summed E-state index contributed by atoms with van der Waals surface area (Å²) in [7, 11) is -0.699. The van der Waals surface area contributed by atoms with Crippen LogP contribution in [0.3, 0.4) is 0 Å². The predicted octanol–water partition coefficient (Wildman–Crippen LogP) is 1.09. The molecule has 0 N–H and O–H groups in total. The quantitative estimate of drug-likeness (QED) is 0.619. The van der Waals surface area contributed by atoms with Crippen LogP contribution in [0.5, 0.6) is 0 Å². The van der Waals surface area contributed by atoms with Gasteiger partial charge in [0.25, 0.3) is 5.91 Å². The average Bonchev–Trinajstić information content (AvgIpc) is 3.25. The lowest BCUT2D eigenvalue weighted by Gasteiger charge is -2.22. The van der Waals surface area contributed by atoms with E-state index in [1.165, 1.54) is 26.2 Å². The Hall–Kier alpha value is -2.98. The molecule has 1 atom stereocenters. The molecule has 0 fully saturated rings. The van der Waals surface area contributed by atoms with E-state index in [-0.39, 0.29) is 23.5 Å². The zero-order valence-electron chi connectivity index (χ0n) is 16.3. The molecule has 152 valence electrons. The van der Waals surface area contributed by atoms with E-state index < -0.39 is 10.0 Å². The number of anilines is 1. The molecule has 0 bridgehead atoms. The largest absolute Gasteiger partial charge is 0.385 e. The maximum absolute atomic E-state index is 12.8. The molecule has 2 aromatic carbocycles. The van der Waals surface area contributed by atoms with E-state index in [1.807, 2.05) is 31.2 Å². The Morgan fingerprint density at radius 3 is 2.76 bits per heavy atom. The molecule has 10 heteroatoms. The highest BCUT2D eigenvalue weighted by molar-refractivity contribution is 7.89. The molecule has 0 aliphatic carbocycles. The zero-order valence-corrected chi connectivity index (χ0v) is 17.1. The molecule has 1 aliphatic rings. The number of aromatic nitrogens is 3. The van der Waals surface area contributed by atoms with Crippen LogP contribution in [0.4, 0.5) is 5.69 Å². The summed E-state index contributed by atoms with van der Waals surface area (Å²) in [6.07, 6.45) is 0.792. The van der Waals surface area contributed by atoms with E-state index in [2.05, 4.69) is 10.3 Å². The molecule has 1 aromatic heterocycles. The van der Waals surface area contributed by atoms with Gasteiger partial charge in [0.05, 0.1) is 4.90 Å². The Morgan fingerprint density at radius 1 is 1.24 bits per heavy atom. The second-order valence-electron chi connectivity index (χ2n) is 7.12. The van der Waals surface area contributed by atoms with E-state index in [0.29, 0.717) is 11.0 Å². The van der Waals surface area contributed by atoms with Crippen LogP contribution in [0.2, 0.25) is 0 Å². The summed E-state index contributed by atoms with van der Waals surface area (Å²) >= 11 is 0. The van der Waals surface area contributed by atoms with Crippen LogP contribution in [0.15, 0.2) is 47.4 Å². The van der Waals surface area contributed by atoms with Crippen LogP contribution >= 0.6 is 0 Å². The number of amides is 1. The SMILES string of the molecule is C[C@H]1Cc2ccccc2N1C(=O)COn1nnc2ccc(S(=O)(=O)N(C)C)cc21. The van der Waals surface area contributed by atoms with Crippen molar-refractivity contribution < 1.29 is 18.0 Å². The molecule has 0 saturated heterocycles.